The maximum Gasteiger partial charge on any atom is 0.243 e. The average Bonchev–Trinajstić information content (AvgIpc) is 2.74. The van der Waals surface area contributed by atoms with Gasteiger partial charge in [-0.2, -0.15) is 4.31 Å². The van der Waals surface area contributed by atoms with Crippen LogP contribution < -0.4 is 10.6 Å². The fourth-order valence-electron chi connectivity index (χ4n) is 4.14. The second-order valence-electron chi connectivity index (χ2n) is 8.61. The highest BCUT2D eigenvalue weighted by Crippen LogP contribution is 2.24. The number of hydrogen-bond donors (Lipinski definition) is 2. The maximum atomic E-state index is 13.3. The van der Waals surface area contributed by atoms with Crippen LogP contribution in [0.2, 0.25) is 0 Å². The van der Waals surface area contributed by atoms with E-state index in [9.17, 15) is 8.42 Å². The summed E-state index contributed by atoms with van der Waals surface area (Å²) in [6, 6.07) is 7.70. The van der Waals surface area contributed by atoms with E-state index in [4.69, 9.17) is 4.99 Å². The number of nitrogens with zero attached hydrogens (tertiary/aromatic N) is 3. The van der Waals surface area contributed by atoms with Crippen molar-refractivity contribution in [1.82, 2.24) is 19.8 Å². The van der Waals surface area contributed by atoms with Gasteiger partial charge in [0.1, 0.15) is 0 Å². The fraction of sp³-hybridized carbons (Fsp3) is 0.682. The summed E-state index contributed by atoms with van der Waals surface area (Å²) in [4.78, 5) is 7.26. The third-order valence-electron chi connectivity index (χ3n) is 6.16. The minimum absolute atomic E-state index is 0. The van der Waals surface area contributed by atoms with Crippen LogP contribution in [0.15, 0.2) is 34.2 Å². The second kappa shape index (κ2) is 12.4. The lowest BCUT2D eigenvalue weighted by molar-refractivity contribution is 0.222. The molecule has 1 heterocycles. The molecule has 3 rings (SSSR count). The van der Waals surface area contributed by atoms with Crippen molar-refractivity contribution in [1.29, 1.82) is 0 Å². The molecule has 1 aromatic carbocycles. The van der Waals surface area contributed by atoms with Gasteiger partial charge in [0.2, 0.25) is 10.0 Å². The molecule has 7 nitrogen and oxygen atoms in total. The molecule has 1 aromatic rings. The van der Waals surface area contributed by atoms with Crippen molar-refractivity contribution in [2.75, 3.05) is 39.8 Å². The van der Waals surface area contributed by atoms with Gasteiger partial charge in [0.25, 0.3) is 0 Å². The van der Waals surface area contributed by atoms with Crippen molar-refractivity contribution in [2.45, 2.75) is 57.0 Å². The fourth-order valence-corrected chi connectivity index (χ4v) is 5.77. The number of hydrogen-bond acceptors (Lipinski definition) is 4. The van der Waals surface area contributed by atoms with Gasteiger partial charge in [-0.05, 0) is 57.2 Å². The molecule has 2 fully saturated rings. The Labute approximate surface area is 205 Å². The van der Waals surface area contributed by atoms with E-state index in [-0.39, 0.29) is 24.0 Å². The Balaban J connectivity index is 0.00000341. The zero-order valence-electron chi connectivity index (χ0n) is 19.0. The molecule has 0 spiro atoms. The quantitative estimate of drug-likeness (QED) is 0.317. The maximum absolute atomic E-state index is 13.3. The van der Waals surface area contributed by atoms with Crippen molar-refractivity contribution >= 4 is 40.0 Å². The number of rotatable bonds is 6. The molecule has 1 saturated heterocycles. The molecule has 0 amide bonds. The number of piperazine rings is 1. The first-order valence-corrected chi connectivity index (χ1v) is 12.7. The highest BCUT2D eigenvalue weighted by Gasteiger charge is 2.29. The Hall–Kier alpha value is -0.910. The first kappa shape index (κ1) is 26.3. The number of halogens is 1. The van der Waals surface area contributed by atoms with Gasteiger partial charge in [-0.15, -0.1) is 24.0 Å². The van der Waals surface area contributed by atoms with Gasteiger partial charge in [0.05, 0.1) is 11.4 Å². The molecule has 0 unspecified atom stereocenters. The predicted molar refractivity (Wildman–Crippen MR) is 137 cm³/mol. The summed E-state index contributed by atoms with van der Waals surface area (Å²) in [5.41, 5.74) is 0.742. The Bertz CT molecular complexity index is 817. The molecule has 1 aliphatic carbocycles. The first-order chi connectivity index (χ1) is 14.4. The zero-order chi connectivity index (χ0) is 21.6. The number of nitrogens with one attached hydrogen (secondary N) is 2. The average molecular weight is 564 g/mol. The van der Waals surface area contributed by atoms with Crippen LogP contribution in [0.3, 0.4) is 0 Å². The van der Waals surface area contributed by atoms with Crippen LogP contribution in [0.1, 0.15) is 45.1 Å². The van der Waals surface area contributed by atoms with E-state index in [1.54, 1.807) is 16.4 Å². The molecule has 9 heteroatoms. The lowest BCUT2D eigenvalue weighted by atomic mass is 9.87. The topological polar surface area (TPSA) is 77.0 Å². The number of benzene rings is 1. The highest BCUT2D eigenvalue weighted by atomic mass is 127. The van der Waals surface area contributed by atoms with Gasteiger partial charge in [-0.1, -0.05) is 25.1 Å². The molecule has 0 bridgehead atoms. The first-order valence-electron chi connectivity index (χ1n) is 11.2. The SMILES string of the molecule is CCNC(=NCc1ccccc1S(=O)(=O)N1CCN(C)CC1)NC1CCC(C)CC1.I. The molecule has 2 aliphatic rings. The van der Waals surface area contributed by atoms with Gasteiger partial charge in [-0.3, -0.25) is 0 Å². The Morgan fingerprint density at radius 2 is 1.74 bits per heavy atom. The summed E-state index contributed by atoms with van der Waals surface area (Å²) < 4.78 is 28.1. The van der Waals surface area contributed by atoms with Crippen molar-refractivity contribution in [3.8, 4) is 0 Å². The van der Waals surface area contributed by atoms with Crippen molar-refractivity contribution in [3.05, 3.63) is 29.8 Å². The molecule has 2 N–H and O–H groups in total. The van der Waals surface area contributed by atoms with E-state index in [0.29, 0.717) is 30.6 Å². The van der Waals surface area contributed by atoms with Crippen molar-refractivity contribution in [3.63, 3.8) is 0 Å². The smallest absolute Gasteiger partial charge is 0.243 e. The van der Waals surface area contributed by atoms with Crippen molar-refractivity contribution in [2.24, 2.45) is 10.9 Å². The van der Waals surface area contributed by atoms with Crippen molar-refractivity contribution < 1.29 is 8.42 Å². The van der Waals surface area contributed by atoms with Gasteiger partial charge in [0.15, 0.2) is 5.96 Å². The third kappa shape index (κ3) is 7.30. The molecule has 176 valence electrons. The minimum atomic E-state index is -3.51. The summed E-state index contributed by atoms with van der Waals surface area (Å²) in [7, 11) is -1.49. The van der Waals surface area contributed by atoms with Gasteiger partial charge in [-0.25, -0.2) is 13.4 Å². The summed E-state index contributed by atoms with van der Waals surface area (Å²) in [5, 5.41) is 6.86. The van der Waals surface area contributed by atoms with Crippen LogP contribution in [-0.2, 0) is 16.6 Å². The Morgan fingerprint density at radius 1 is 1.10 bits per heavy atom. The zero-order valence-corrected chi connectivity index (χ0v) is 22.2. The minimum Gasteiger partial charge on any atom is -0.357 e. The van der Waals surface area contributed by atoms with E-state index in [1.165, 1.54) is 12.8 Å². The Morgan fingerprint density at radius 3 is 2.39 bits per heavy atom. The van der Waals surface area contributed by atoms with E-state index < -0.39 is 10.0 Å². The van der Waals surface area contributed by atoms with E-state index in [1.807, 2.05) is 26.1 Å². The molecule has 31 heavy (non-hydrogen) atoms. The second-order valence-corrected chi connectivity index (χ2v) is 10.5. The number of likely N-dealkylation sites (N-methyl/N-ethyl adjacent to an activating group) is 1. The van der Waals surface area contributed by atoms with Crippen LogP contribution in [0.5, 0.6) is 0 Å². The summed E-state index contributed by atoms with van der Waals surface area (Å²) in [6.45, 7) is 8.04. The predicted octanol–water partition coefficient (Wildman–Crippen LogP) is 2.87. The van der Waals surface area contributed by atoms with Gasteiger partial charge >= 0.3 is 0 Å². The molecular formula is C22H38IN5O2S. The Kier molecular flexibility index (Phi) is 10.5. The van der Waals surface area contributed by atoms with E-state index in [2.05, 4.69) is 22.5 Å². The molecule has 1 saturated carbocycles. The molecule has 1 aliphatic heterocycles. The summed E-state index contributed by atoms with van der Waals surface area (Å²) >= 11 is 0. The van der Waals surface area contributed by atoms with Crippen LogP contribution in [-0.4, -0.2) is 69.4 Å². The molecule has 0 aromatic heterocycles. The normalized spacial score (nSPS) is 23.8. The number of aliphatic imine (C=N–C) groups is 1. The number of guanidine groups is 1. The standard InChI is InChI=1S/C22H37N5O2S.HI/c1-4-23-22(25-20-11-9-18(2)10-12-20)24-17-19-7-5-6-8-21(19)30(28,29)27-15-13-26(3)14-16-27;/h5-8,18,20H,4,9-17H2,1-3H3,(H2,23,24,25);1H. The molecule has 0 radical (unpaired) electrons. The van der Waals surface area contributed by atoms with Crippen LogP contribution in [0.4, 0.5) is 0 Å². The lowest BCUT2D eigenvalue weighted by Crippen LogP contribution is -2.47. The largest absolute Gasteiger partial charge is 0.357 e. The summed E-state index contributed by atoms with van der Waals surface area (Å²) in [5.74, 6) is 1.57. The van der Waals surface area contributed by atoms with Crippen LogP contribution in [0.25, 0.3) is 0 Å². The number of sulfonamides is 1. The monoisotopic (exact) mass is 563 g/mol. The van der Waals surface area contributed by atoms with E-state index in [0.717, 1.165) is 49.9 Å². The van der Waals surface area contributed by atoms with Gasteiger partial charge < -0.3 is 15.5 Å². The third-order valence-corrected chi connectivity index (χ3v) is 8.16. The van der Waals surface area contributed by atoms with Gasteiger partial charge in [0, 0.05) is 38.8 Å². The van der Waals surface area contributed by atoms with Crippen LogP contribution >= 0.6 is 24.0 Å². The molecule has 0 atom stereocenters. The summed E-state index contributed by atoms with van der Waals surface area (Å²) in [6.07, 6.45) is 4.78. The van der Waals surface area contributed by atoms with Crippen LogP contribution in [0, 0.1) is 5.92 Å². The highest BCUT2D eigenvalue weighted by molar-refractivity contribution is 14.0. The van der Waals surface area contributed by atoms with E-state index >= 15 is 0 Å². The molecular weight excluding hydrogens is 525 g/mol. The lowest BCUT2D eigenvalue weighted by Gasteiger charge is -2.32.